The number of benzene rings is 2. The number of anilines is 1. The van der Waals surface area contributed by atoms with E-state index in [0.29, 0.717) is 16.5 Å². The molecule has 0 radical (unpaired) electrons. The van der Waals surface area contributed by atoms with Gasteiger partial charge >= 0.3 is 5.97 Å². The first-order chi connectivity index (χ1) is 11.0. The molecule has 3 aromatic rings. The highest BCUT2D eigenvalue weighted by atomic mass is 35.5. The first-order valence-corrected chi connectivity index (χ1v) is 7.16. The molecule has 0 bridgehead atoms. The summed E-state index contributed by atoms with van der Waals surface area (Å²) in [6.07, 6.45) is -0.563. The van der Waals surface area contributed by atoms with Crippen molar-refractivity contribution >= 4 is 40.2 Å². The lowest BCUT2D eigenvalue weighted by atomic mass is 10.2. The van der Waals surface area contributed by atoms with Gasteiger partial charge in [-0.15, -0.1) is 0 Å². The van der Waals surface area contributed by atoms with Crippen molar-refractivity contribution in [1.29, 1.82) is 0 Å². The molecule has 0 unspecified atom stereocenters. The lowest BCUT2D eigenvalue weighted by Crippen LogP contribution is -2.15. The molecular formula is C16H12ClN3O3. The van der Waals surface area contributed by atoms with Crippen molar-refractivity contribution in [3.63, 3.8) is 0 Å². The van der Waals surface area contributed by atoms with E-state index in [1.807, 2.05) is 6.07 Å². The summed E-state index contributed by atoms with van der Waals surface area (Å²) in [6.45, 7) is 0. The maximum atomic E-state index is 11.4. The predicted molar refractivity (Wildman–Crippen MR) is 87.4 cm³/mol. The highest BCUT2D eigenvalue weighted by Crippen LogP contribution is 2.24. The number of aromatic nitrogens is 2. The molecule has 0 aliphatic heterocycles. The van der Waals surface area contributed by atoms with Gasteiger partial charge in [0.25, 0.3) is 0 Å². The number of halogens is 1. The smallest absolute Gasteiger partial charge is 0.312 e. The Balaban J connectivity index is 1.80. The van der Waals surface area contributed by atoms with Gasteiger partial charge in [-0.25, -0.2) is 4.98 Å². The van der Waals surface area contributed by atoms with Crippen LogP contribution in [-0.2, 0) is 9.59 Å². The summed E-state index contributed by atoms with van der Waals surface area (Å²) in [6, 6.07) is 12.4. The monoisotopic (exact) mass is 329 g/mol. The van der Waals surface area contributed by atoms with Crippen LogP contribution in [0.1, 0.15) is 6.42 Å². The zero-order chi connectivity index (χ0) is 16.4. The second-order valence-corrected chi connectivity index (χ2v) is 5.38. The minimum absolute atomic E-state index is 0.527. The van der Waals surface area contributed by atoms with Crippen LogP contribution in [0.25, 0.3) is 22.4 Å². The zero-order valence-electron chi connectivity index (χ0n) is 11.8. The number of carbonyl (C=O) groups excluding carboxylic acids is 1. The van der Waals surface area contributed by atoms with Crippen molar-refractivity contribution in [3.05, 3.63) is 47.5 Å². The van der Waals surface area contributed by atoms with E-state index in [1.165, 1.54) is 0 Å². The topological polar surface area (TPSA) is 95.1 Å². The molecule has 0 spiro atoms. The molecule has 3 rings (SSSR count). The van der Waals surface area contributed by atoms with E-state index in [4.69, 9.17) is 16.7 Å². The minimum atomic E-state index is -1.17. The lowest BCUT2D eigenvalue weighted by Gasteiger charge is -2.04. The Morgan fingerprint density at radius 3 is 2.61 bits per heavy atom. The summed E-state index contributed by atoms with van der Waals surface area (Å²) in [4.78, 5) is 29.5. The van der Waals surface area contributed by atoms with Crippen molar-refractivity contribution in [2.45, 2.75) is 6.42 Å². The molecule has 0 fully saturated rings. The maximum Gasteiger partial charge on any atom is 0.312 e. The standard InChI is InChI=1S/C16H12ClN3O3/c17-10-3-6-12-13(7-10)20-16(19-12)9-1-4-11(5-2-9)18-14(21)8-15(22)23/h1-7H,8H2,(H,18,21)(H,19,20)(H,22,23). The molecule has 0 aliphatic rings. The molecule has 0 saturated heterocycles. The van der Waals surface area contributed by atoms with Gasteiger partial charge in [0.05, 0.1) is 11.0 Å². The second kappa shape index (κ2) is 6.10. The average molecular weight is 330 g/mol. The number of amides is 1. The van der Waals surface area contributed by atoms with Crippen molar-refractivity contribution in [3.8, 4) is 11.4 Å². The van der Waals surface area contributed by atoms with Crippen LogP contribution in [0.4, 0.5) is 5.69 Å². The third kappa shape index (κ3) is 3.49. The lowest BCUT2D eigenvalue weighted by molar-refractivity contribution is -0.139. The van der Waals surface area contributed by atoms with Crippen LogP contribution in [0.3, 0.4) is 0 Å². The molecule has 23 heavy (non-hydrogen) atoms. The number of imidazole rings is 1. The number of aliphatic carboxylic acids is 1. The normalized spacial score (nSPS) is 10.7. The Hall–Kier alpha value is -2.86. The summed E-state index contributed by atoms with van der Waals surface area (Å²) in [7, 11) is 0. The van der Waals surface area contributed by atoms with E-state index in [0.717, 1.165) is 16.6 Å². The number of hydrogen-bond donors (Lipinski definition) is 3. The second-order valence-electron chi connectivity index (χ2n) is 4.94. The van der Waals surface area contributed by atoms with Gasteiger partial charge < -0.3 is 15.4 Å². The van der Waals surface area contributed by atoms with Crippen molar-refractivity contribution in [1.82, 2.24) is 9.97 Å². The third-order valence-corrected chi connectivity index (χ3v) is 3.43. The molecule has 0 atom stereocenters. The molecule has 1 heterocycles. The van der Waals surface area contributed by atoms with E-state index in [2.05, 4.69) is 15.3 Å². The van der Waals surface area contributed by atoms with Gasteiger partial charge in [0, 0.05) is 16.3 Å². The van der Waals surface area contributed by atoms with Crippen LogP contribution in [0, 0.1) is 0 Å². The Labute approximate surface area is 136 Å². The van der Waals surface area contributed by atoms with Crippen LogP contribution < -0.4 is 5.32 Å². The first-order valence-electron chi connectivity index (χ1n) is 6.78. The number of carboxylic acid groups (broad SMARTS) is 1. The van der Waals surface area contributed by atoms with Crippen molar-refractivity contribution in [2.24, 2.45) is 0 Å². The number of nitrogens with one attached hydrogen (secondary N) is 2. The SMILES string of the molecule is O=C(O)CC(=O)Nc1ccc(-c2nc3ccc(Cl)cc3[nH]2)cc1. The number of carboxylic acids is 1. The molecule has 116 valence electrons. The summed E-state index contributed by atoms with van der Waals surface area (Å²) in [5, 5.41) is 11.7. The Morgan fingerprint density at radius 1 is 1.17 bits per heavy atom. The van der Waals surface area contributed by atoms with Gasteiger partial charge in [-0.2, -0.15) is 0 Å². The number of rotatable bonds is 4. The summed E-state index contributed by atoms with van der Waals surface area (Å²) >= 11 is 5.95. The fourth-order valence-electron chi connectivity index (χ4n) is 2.17. The fraction of sp³-hybridized carbons (Fsp3) is 0.0625. The predicted octanol–water partition coefficient (Wildman–Crippen LogP) is 3.30. The Kier molecular flexibility index (Phi) is 3.99. The average Bonchev–Trinajstić information content (AvgIpc) is 2.90. The van der Waals surface area contributed by atoms with E-state index in [9.17, 15) is 9.59 Å². The number of fused-ring (bicyclic) bond motifs is 1. The molecule has 3 N–H and O–H groups in total. The summed E-state index contributed by atoms with van der Waals surface area (Å²) < 4.78 is 0. The maximum absolute atomic E-state index is 11.4. The van der Waals surface area contributed by atoms with Gasteiger partial charge in [-0.3, -0.25) is 9.59 Å². The van der Waals surface area contributed by atoms with E-state index < -0.39 is 18.3 Å². The van der Waals surface area contributed by atoms with Gasteiger partial charge in [0.15, 0.2) is 0 Å². The summed E-state index contributed by atoms with van der Waals surface area (Å²) in [5.74, 6) is -1.05. The van der Waals surface area contributed by atoms with Crippen LogP contribution in [-0.4, -0.2) is 27.0 Å². The molecular weight excluding hydrogens is 318 g/mol. The van der Waals surface area contributed by atoms with Gasteiger partial charge in [-0.05, 0) is 42.5 Å². The fourth-order valence-corrected chi connectivity index (χ4v) is 2.34. The number of carbonyl (C=O) groups is 2. The number of H-pyrrole nitrogens is 1. The molecule has 1 amide bonds. The number of nitrogens with zero attached hydrogens (tertiary/aromatic N) is 1. The Bertz CT molecular complexity index is 887. The Morgan fingerprint density at radius 2 is 1.91 bits per heavy atom. The number of aromatic amines is 1. The van der Waals surface area contributed by atoms with Crippen LogP contribution in [0.2, 0.25) is 5.02 Å². The molecule has 6 nitrogen and oxygen atoms in total. The first kappa shape index (κ1) is 15.1. The van der Waals surface area contributed by atoms with E-state index in [1.54, 1.807) is 36.4 Å². The molecule has 7 heteroatoms. The molecule has 0 aliphatic carbocycles. The van der Waals surface area contributed by atoms with Gasteiger partial charge in [-0.1, -0.05) is 11.6 Å². The van der Waals surface area contributed by atoms with Crippen LogP contribution >= 0.6 is 11.6 Å². The van der Waals surface area contributed by atoms with Crippen molar-refractivity contribution in [2.75, 3.05) is 5.32 Å². The summed E-state index contributed by atoms with van der Waals surface area (Å²) in [5.41, 5.74) is 3.02. The zero-order valence-corrected chi connectivity index (χ0v) is 12.6. The van der Waals surface area contributed by atoms with Gasteiger partial charge in [0.1, 0.15) is 12.2 Å². The quantitative estimate of drug-likeness (QED) is 0.640. The van der Waals surface area contributed by atoms with Crippen molar-refractivity contribution < 1.29 is 14.7 Å². The largest absolute Gasteiger partial charge is 0.481 e. The molecule has 0 saturated carbocycles. The van der Waals surface area contributed by atoms with Crippen LogP contribution in [0.15, 0.2) is 42.5 Å². The van der Waals surface area contributed by atoms with E-state index in [-0.39, 0.29) is 0 Å². The minimum Gasteiger partial charge on any atom is -0.481 e. The highest BCUT2D eigenvalue weighted by Gasteiger charge is 2.09. The third-order valence-electron chi connectivity index (χ3n) is 3.20. The highest BCUT2D eigenvalue weighted by molar-refractivity contribution is 6.31. The van der Waals surface area contributed by atoms with Gasteiger partial charge in [0.2, 0.25) is 5.91 Å². The molecule has 1 aromatic heterocycles. The molecule has 2 aromatic carbocycles. The van der Waals surface area contributed by atoms with E-state index >= 15 is 0 Å². The number of hydrogen-bond acceptors (Lipinski definition) is 3. The van der Waals surface area contributed by atoms with Crippen LogP contribution in [0.5, 0.6) is 0 Å².